The van der Waals surface area contributed by atoms with Gasteiger partial charge in [-0.25, -0.2) is 0 Å². The maximum absolute atomic E-state index is 12.0. The number of ether oxygens (including phenoxy) is 2. The molecule has 0 fully saturated rings. The van der Waals surface area contributed by atoms with Gasteiger partial charge < -0.3 is 19.3 Å². The first-order valence-electron chi connectivity index (χ1n) is 6.64. The van der Waals surface area contributed by atoms with Gasteiger partial charge in [0, 0.05) is 6.07 Å². The third-order valence-electron chi connectivity index (χ3n) is 2.92. The van der Waals surface area contributed by atoms with E-state index in [1.807, 2.05) is 0 Å². The van der Waals surface area contributed by atoms with Crippen molar-refractivity contribution in [1.29, 1.82) is 0 Å². The number of hydrogen-bond acceptors (Lipinski definition) is 7. The van der Waals surface area contributed by atoms with E-state index in [0.29, 0.717) is 11.5 Å². The Labute approximate surface area is 131 Å². The standard InChI is InChI=1S/C14H15N3O6/c1-8-6-13(16-23-8)15-14(18)9(2)22-12-5-4-10(21-3)7-11(12)17(19)20/h4-7,9H,1-3H3,(H,15,16,18). The quantitative estimate of drug-likeness (QED) is 0.640. The zero-order chi connectivity index (χ0) is 17.0. The summed E-state index contributed by atoms with van der Waals surface area (Å²) in [6.07, 6.45) is -0.973. The van der Waals surface area contributed by atoms with Crippen LogP contribution < -0.4 is 14.8 Å². The van der Waals surface area contributed by atoms with Crippen LogP contribution in [-0.4, -0.2) is 29.2 Å². The molecule has 1 heterocycles. The van der Waals surface area contributed by atoms with E-state index in [2.05, 4.69) is 10.5 Å². The molecule has 0 spiro atoms. The molecule has 1 aromatic carbocycles. The van der Waals surface area contributed by atoms with Gasteiger partial charge in [-0.1, -0.05) is 5.16 Å². The second-order valence-corrected chi connectivity index (χ2v) is 4.66. The third kappa shape index (κ3) is 3.96. The molecule has 0 aliphatic carbocycles. The Morgan fingerprint density at radius 1 is 1.43 bits per heavy atom. The van der Waals surface area contributed by atoms with Crippen LogP contribution in [0.15, 0.2) is 28.8 Å². The second-order valence-electron chi connectivity index (χ2n) is 4.66. The number of amides is 1. The molecule has 2 aromatic rings. The van der Waals surface area contributed by atoms with E-state index in [1.165, 1.54) is 32.2 Å². The van der Waals surface area contributed by atoms with Gasteiger partial charge in [0.05, 0.1) is 18.1 Å². The summed E-state index contributed by atoms with van der Waals surface area (Å²) in [5.41, 5.74) is -0.290. The SMILES string of the molecule is COc1ccc(OC(C)C(=O)Nc2cc(C)on2)c([N+](=O)[O-])c1. The summed E-state index contributed by atoms with van der Waals surface area (Å²) in [5.74, 6) is 0.560. The van der Waals surface area contributed by atoms with Crippen LogP contribution in [0.3, 0.4) is 0 Å². The number of nitrogens with one attached hydrogen (secondary N) is 1. The number of anilines is 1. The molecule has 23 heavy (non-hydrogen) atoms. The van der Waals surface area contributed by atoms with Crippen molar-refractivity contribution in [3.63, 3.8) is 0 Å². The van der Waals surface area contributed by atoms with E-state index in [9.17, 15) is 14.9 Å². The predicted molar refractivity (Wildman–Crippen MR) is 79.6 cm³/mol. The average Bonchev–Trinajstić information content (AvgIpc) is 2.92. The molecular weight excluding hydrogens is 306 g/mol. The van der Waals surface area contributed by atoms with Gasteiger partial charge in [-0.2, -0.15) is 0 Å². The van der Waals surface area contributed by atoms with Crippen LogP contribution in [0.4, 0.5) is 11.5 Å². The average molecular weight is 321 g/mol. The highest BCUT2D eigenvalue weighted by molar-refractivity contribution is 5.93. The Bertz CT molecular complexity index is 727. The molecule has 0 radical (unpaired) electrons. The van der Waals surface area contributed by atoms with Crippen molar-refractivity contribution >= 4 is 17.4 Å². The van der Waals surface area contributed by atoms with Crippen molar-refractivity contribution in [1.82, 2.24) is 5.16 Å². The molecule has 0 saturated carbocycles. The summed E-state index contributed by atoms with van der Waals surface area (Å²) in [4.78, 5) is 22.5. The fourth-order valence-electron chi connectivity index (χ4n) is 1.76. The van der Waals surface area contributed by atoms with E-state index in [-0.39, 0.29) is 17.3 Å². The molecule has 9 nitrogen and oxygen atoms in total. The summed E-state index contributed by atoms with van der Waals surface area (Å²) in [6, 6.07) is 5.65. The topological polar surface area (TPSA) is 117 Å². The van der Waals surface area contributed by atoms with Crippen molar-refractivity contribution in [2.24, 2.45) is 0 Å². The molecule has 1 amide bonds. The van der Waals surface area contributed by atoms with Crippen LogP contribution in [0.1, 0.15) is 12.7 Å². The molecule has 1 atom stereocenters. The van der Waals surface area contributed by atoms with Crippen molar-refractivity contribution < 1.29 is 23.7 Å². The van der Waals surface area contributed by atoms with Crippen LogP contribution in [0, 0.1) is 17.0 Å². The number of carbonyl (C=O) groups excluding carboxylic acids is 1. The van der Waals surface area contributed by atoms with Crippen molar-refractivity contribution in [2.75, 3.05) is 12.4 Å². The summed E-state index contributed by atoms with van der Waals surface area (Å²) >= 11 is 0. The number of benzene rings is 1. The maximum Gasteiger partial charge on any atom is 0.314 e. The number of hydrogen-bond donors (Lipinski definition) is 1. The van der Waals surface area contributed by atoms with Crippen molar-refractivity contribution in [3.05, 3.63) is 40.1 Å². The normalized spacial score (nSPS) is 11.6. The van der Waals surface area contributed by atoms with E-state index >= 15 is 0 Å². The molecule has 122 valence electrons. The van der Waals surface area contributed by atoms with Crippen LogP contribution >= 0.6 is 0 Å². The number of rotatable bonds is 6. The highest BCUT2D eigenvalue weighted by atomic mass is 16.6. The lowest BCUT2D eigenvalue weighted by molar-refractivity contribution is -0.386. The predicted octanol–water partition coefficient (Wildman–Crippen LogP) is 2.31. The first kappa shape index (κ1) is 16.3. The Kier molecular flexibility index (Phi) is 4.79. The second kappa shape index (κ2) is 6.77. The van der Waals surface area contributed by atoms with Crippen LogP contribution in [0.5, 0.6) is 11.5 Å². The number of methoxy groups -OCH3 is 1. The minimum absolute atomic E-state index is 0.0326. The molecule has 1 unspecified atom stereocenters. The third-order valence-corrected chi connectivity index (χ3v) is 2.92. The van der Waals surface area contributed by atoms with Crippen LogP contribution in [0.2, 0.25) is 0 Å². The number of nitro benzene ring substituents is 1. The number of nitrogens with zero attached hydrogens (tertiary/aromatic N) is 2. The number of aromatic nitrogens is 1. The fourth-order valence-corrected chi connectivity index (χ4v) is 1.76. The van der Waals surface area contributed by atoms with Crippen molar-refractivity contribution in [3.8, 4) is 11.5 Å². The fraction of sp³-hybridized carbons (Fsp3) is 0.286. The molecule has 2 rings (SSSR count). The molecule has 1 N–H and O–H groups in total. The minimum atomic E-state index is -0.973. The Morgan fingerprint density at radius 2 is 2.17 bits per heavy atom. The van der Waals surface area contributed by atoms with Gasteiger partial charge in [0.25, 0.3) is 5.91 Å². The Hall–Kier alpha value is -3.10. The van der Waals surface area contributed by atoms with E-state index in [0.717, 1.165) is 0 Å². The molecule has 0 aliphatic rings. The molecular formula is C14H15N3O6. The van der Waals surface area contributed by atoms with Crippen molar-refractivity contribution in [2.45, 2.75) is 20.0 Å². The number of carbonyl (C=O) groups is 1. The number of nitro groups is 1. The summed E-state index contributed by atoms with van der Waals surface area (Å²) < 4.78 is 15.1. The minimum Gasteiger partial charge on any atom is -0.496 e. The summed E-state index contributed by atoms with van der Waals surface area (Å²) in [5, 5.41) is 17.2. The highest BCUT2D eigenvalue weighted by Gasteiger charge is 2.22. The Morgan fingerprint density at radius 3 is 2.74 bits per heavy atom. The summed E-state index contributed by atoms with van der Waals surface area (Å²) in [7, 11) is 1.40. The van der Waals surface area contributed by atoms with E-state index in [4.69, 9.17) is 14.0 Å². The zero-order valence-electron chi connectivity index (χ0n) is 12.7. The molecule has 0 saturated heterocycles. The van der Waals surface area contributed by atoms with Crippen LogP contribution in [0.25, 0.3) is 0 Å². The lowest BCUT2D eigenvalue weighted by Gasteiger charge is -2.14. The zero-order valence-corrected chi connectivity index (χ0v) is 12.7. The van der Waals surface area contributed by atoms with Gasteiger partial charge in [-0.15, -0.1) is 0 Å². The largest absolute Gasteiger partial charge is 0.496 e. The summed E-state index contributed by atoms with van der Waals surface area (Å²) in [6.45, 7) is 3.15. The lowest BCUT2D eigenvalue weighted by Crippen LogP contribution is -2.30. The molecule has 0 bridgehead atoms. The van der Waals surface area contributed by atoms with Gasteiger partial charge in [-0.05, 0) is 26.0 Å². The first-order valence-corrected chi connectivity index (χ1v) is 6.64. The molecule has 1 aromatic heterocycles. The van der Waals surface area contributed by atoms with E-state index in [1.54, 1.807) is 13.0 Å². The maximum atomic E-state index is 12.0. The van der Waals surface area contributed by atoms with Gasteiger partial charge in [-0.3, -0.25) is 14.9 Å². The van der Waals surface area contributed by atoms with Gasteiger partial charge in [0.2, 0.25) is 0 Å². The van der Waals surface area contributed by atoms with Gasteiger partial charge in [0.1, 0.15) is 11.5 Å². The van der Waals surface area contributed by atoms with Crippen LogP contribution in [-0.2, 0) is 4.79 Å². The molecule has 9 heteroatoms. The highest BCUT2D eigenvalue weighted by Crippen LogP contribution is 2.31. The lowest BCUT2D eigenvalue weighted by atomic mass is 10.2. The first-order chi connectivity index (χ1) is 10.9. The van der Waals surface area contributed by atoms with E-state index < -0.39 is 16.9 Å². The van der Waals surface area contributed by atoms with Gasteiger partial charge in [0.15, 0.2) is 17.7 Å². The monoisotopic (exact) mass is 321 g/mol. The Balaban J connectivity index is 2.11. The molecule has 0 aliphatic heterocycles. The smallest absolute Gasteiger partial charge is 0.314 e. The number of aryl methyl sites for hydroxylation is 1. The van der Waals surface area contributed by atoms with Gasteiger partial charge >= 0.3 is 5.69 Å².